The smallest absolute Gasteiger partial charge is 0.227 e. The maximum atomic E-state index is 12.3. The van der Waals surface area contributed by atoms with Gasteiger partial charge in [0.25, 0.3) is 0 Å². The van der Waals surface area contributed by atoms with Gasteiger partial charge in [-0.05, 0) is 41.8 Å². The third kappa shape index (κ3) is 2.95. The Morgan fingerprint density at radius 1 is 1.14 bits per heavy atom. The first-order chi connectivity index (χ1) is 10.2. The molecule has 21 heavy (non-hydrogen) atoms. The fraction of sp³-hybridized carbons (Fsp3) is 0.235. The minimum absolute atomic E-state index is 0.177. The summed E-state index contributed by atoms with van der Waals surface area (Å²) >= 11 is 3.49. The fourth-order valence-corrected chi connectivity index (χ4v) is 2.95. The monoisotopic (exact) mass is 345 g/mol. The van der Waals surface area contributed by atoms with Gasteiger partial charge in [-0.1, -0.05) is 34.1 Å². The number of nitrogens with zero attached hydrogens (tertiary/aromatic N) is 1. The largest absolute Gasteiger partial charge is 0.497 e. The van der Waals surface area contributed by atoms with Crippen molar-refractivity contribution in [3.8, 4) is 5.75 Å². The van der Waals surface area contributed by atoms with Crippen molar-refractivity contribution < 1.29 is 9.53 Å². The molecule has 0 atom stereocenters. The lowest BCUT2D eigenvalue weighted by molar-refractivity contribution is -0.119. The van der Waals surface area contributed by atoms with Gasteiger partial charge >= 0.3 is 0 Å². The van der Waals surface area contributed by atoms with Gasteiger partial charge in [0.15, 0.2) is 0 Å². The molecule has 0 radical (unpaired) electrons. The molecule has 3 rings (SSSR count). The summed E-state index contributed by atoms with van der Waals surface area (Å²) < 4.78 is 6.16. The van der Waals surface area contributed by atoms with Crippen LogP contribution in [-0.2, 0) is 17.8 Å². The quantitative estimate of drug-likeness (QED) is 0.843. The summed E-state index contributed by atoms with van der Waals surface area (Å²) in [6, 6.07) is 14.0. The molecule has 1 aliphatic rings. The van der Waals surface area contributed by atoms with Gasteiger partial charge in [0.05, 0.1) is 13.7 Å². The summed E-state index contributed by atoms with van der Waals surface area (Å²) in [5.41, 5.74) is 3.33. The van der Waals surface area contributed by atoms with E-state index in [0.29, 0.717) is 13.0 Å². The van der Waals surface area contributed by atoms with Gasteiger partial charge in [-0.3, -0.25) is 4.79 Å². The first-order valence-electron chi connectivity index (χ1n) is 6.89. The van der Waals surface area contributed by atoms with E-state index in [2.05, 4.69) is 22.0 Å². The average molecular weight is 346 g/mol. The number of anilines is 1. The molecule has 0 saturated heterocycles. The maximum absolute atomic E-state index is 12.3. The van der Waals surface area contributed by atoms with Gasteiger partial charge in [-0.2, -0.15) is 0 Å². The summed E-state index contributed by atoms with van der Waals surface area (Å²) in [6.07, 6.45) is 1.39. The molecule has 1 aliphatic heterocycles. The van der Waals surface area contributed by atoms with Gasteiger partial charge in [-0.25, -0.2) is 0 Å². The molecule has 0 bridgehead atoms. The van der Waals surface area contributed by atoms with E-state index in [1.165, 1.54) is 5.56 Å². The number of ether oxygens (including phenoxy) is 1. The van der Waals surface area contributed by atoms with Gasteiger partial charge in [-0.15, -0.1) is 0 Å². The number of carbonyl (C=O) groups is 1. The first kappa shape index (κ1) is 14.1. The molecule has 1 heterocycles. The second-order valence-electron chi connectivity index (χ2n) is 5.10. The van der Waals surface area contributed by atoms with Crippen molar-refractivity contribution >= 4 is 27.5 Å². The van der Waals surface area contributed by atoms with Crippen molar-refractivity contribution in [2.75, 3.05) is 12.0 Å². The van der Waals surface area contributed by atoms with Crippen LogP contribution in [0.4, 0.5) is 5.69 Å². The van der Waals surface area contributed by atoms with Gasteiger partial charge in [0, 0.05) is 16.6 Å². The number of fused-ring (bicyclic) bond motifs is 1. The highest BCUT2D eigenvalue weighted by atomic mass is 79.9. The molecule has 4 heteroatoms. The van der Waals surface area contributed by atoms with Gasteiger partial charge in [0.2, 0.25) is 5.91 Å². The van der Waals surface area contributed by atoms with E-state index in [4.69, 9.17) is 4.74 Å². The zero-order valence-electron chi connectivity index (χ0n) is 11.8. The Morgan fingerprint density at radius 3 is 2.62 bits per heavy atom. The van der Waals surface area contributed by atoms with Crippen molar-refractivity contribution in [3.05, 3.63) is 58.1 Å². The second kappa shape index (κ2) is 5.90. The second-order valence-corrected chi connectivity index (χ2v) is 6.02. The Kier molecular flexibility index (Phi) is 3.97. The van der Waals surface area contributed by atoms with Crippen molar-refractivity contribution in [1.82, 2.24) is 0 Å². The van der Waals surface area contributed by atoms with Crippen LogP contribution >= 0.6 is 15.9 Å². The number of methoxy groups -OCH3 is 1. The minimum Gasteiger partial charge on any atom is -0.497 e. The molecule has 2 aromatic rings. The number of benzene rings is 2. The van der Waals surface area contributed by atoms with E-state index in [1.54, 1.807) is 7.11 Å². The molecule has 3 nitrogen and oxygen atoms in total. The fourth-order valence-electron chi connectivity index (χ4n) is 2.60. The Morgan fingerprint density at radius 2 is 1.90 bits per heavy atom. The van der Waals surface area contributed by atoms with Crippen molar-refractivity contribution in [1.29, 1.82) is 0 Å². The van der Waals surface area contributed by atoms with Crippen LogP contribution in [0.1, 0.15) is 17.5 Å². The Hall–Kier alpha value is -1.81. The Balaban J connectivity index is 1.90. The molecule has 0 fully saturated rings. The number of carbonyl (C=O) groups excluding carboxylic acids is 1. The molecule has 0 saturated carbocycles. The predicted molar refractivity (Wildman–Crippen MR) is 86.6 cm³/mol. The van der Waals surface area contributed by atoms with Crippen molar-refractivity contribution in [2.45, 2.75) is 19.4 Å². The van der Waals surface area contributed by atoms with E-state index in [1.807, 2.05) is 41.3 Å². The zero-order chi connectivity index (χ0) is 14.8. The topological polar surface area (TPSA) is 29.5 Å². The Bertz CT molecular complexity index is 667. The van der Waals surface area contributed by atoms with Gasteiger partial charge < -0.3 is 9.64 Å². The van der Waals surface area contributed by atoms with E-state index in [-0.39, 0.29) is 5.91 Å². The SMILES string of the molecule is COc1ccc(CN2C(=O)CCc3ccc(Br)cc32)cc1. The van der Waals surface area contributed by atoms with Crippen LogP contribution in [0.15, 0.2) is 46.9 Å². The van der Waals surface area contributed by atoms with Gasteiger partial charge in [0.1, 0.15) is 5.75 Å². The molecular weight excluding hydrogens is 330 g/mol. The lowest BCUT2D eigenvalue weighted by Gasteiger charge is -2.29. The molecule has 1 amide bonds. The summed E-state index contributed by atoms with van der Waals surface area (Å²) in [5, 5.41) is 0. The molecule has 0 unspecified atom stereocenters. The third-order valence-electron chi connectivity index (χ3n) is 3.75. The summed E-state index contributed by atoms with van der Waals surface area (Å²) in [6.45, 7) is 0.590. The minimum atomic E-state index is 0.177. The molecular formula is C17H16BrNO2. The summed E-state index contributed by atoms with van der Waals surface area (Å²) in [5.74, 6) is 1.00. The molecule has 0 aromatic heterocycles. The molecule has 0 N–H and O–H groups in total. The van der Waals surface area contributed by atoms with Crippen LogP contribution in [0.5, 0.6) is 5.75 Å². The molecule has 2 aromatic carbocycles. The molecule has 0 spiro atoms. The third-order valence-corrected chi connectivity index (χ3v) is 4.24. The van der Waals surface area contributed by atoms with E-state index < -0.39 is 0 Å². The standard InChI is InChI=1S/C17H16BrNO2/c1-21-15-7-2-12(3-8-15)11-19-16-10-14(18)6-4-13(16)5-9-17(19)20/h2-4,6-8,10H,5,9,11H2,1H3. The number of hydrogen-bond acceptors (Lipinski definition) is 2. The van der Waals surface area contributed by atoms with Crippen molar-refractivity contribution in [2.24, 2.45) is 0 Å². The summed E-state index contributed by atoms with van der Waals surface area (Å²) in [7, 11) is 1.65. The lowest BCUT2D eigenvalue weighted by Crippen LogP contribution is -2.34. The van der Waals surface area contributed by atoms with E-state index in [0.717, 1.165) is 27.9 Å². The lowest BCUT2D eigenvalue weighted by atomic mass is 10.0. The highest BCUT2D eigenvalue weighted by molar-refractivity contribution is 9.10. The highest BCUT2D eigenvalue weighted by Gasteiger charge is 2.24. The van der Waals surface area contributed by atoms with Crippen LogP contribution in [0, 0.1) is 0 Å². The van der Waals surface area contributed by atoms with Crippen LogP contribution in [0.3, 0.4) is 0 Å². The predicted octanol–water partition coefficient (Wildman–Crippen LogP) is 3.94. The van der Waals surface area contributed by atoms with Crippen LogP contribution < -0.4 is 9.64 Å². The number of rotatable bonds is 3. The normalized spacial score (nSPS) is 14.0. The number of halogens is 1. The number of aryl methyl sites for hydroxylation is 1. The van der Waals surface area contributed by atoms with Crippen molar-refractivity contribution in [3.63, 3.8) is 0 Å². The van der Waals surface area contributed by atoms with Crippen LogP contribution in [-0.4, -0.2) is 13.0 Å². The summed E-state index contributed by atoms with van der Waals surface area (Å²) in [4.78, 5) is 14.1. The molecule has 0 aliphatic carbocycles. The number of amides is 1. The number of hydrogen-bond donors (Lipinski definition) is 0. The van der Waals surface area contributed by atoms with E-state index in [9.17, 15) is 4.79 Å². The zero-order valence-corrected chi connectivity index (χ0v) is 13.4. The Labute approximate surface area is 132 Å². The van der Waals surface area contributed by atoms with E-state index >= 15 is 0 Å². The first-order valence-corrected chi connectivity index (χ1v) is 7.68. The van der Waals surface area contributed by atoms with Crippen LogP contribution in [0.25, 0.3) is 0 Å². The van der Waals surface area contributed by atoms with Crippen LogP contribution in [0.2, 0.25) is 0 Å². The molecule has 108 valence electrons. The average Bonchev–Trinajstić information content (AvgIpc) is 2.51. The highest BCUT2D eigenvalue weighted by Crippen LogP contribution is 2.32. The maximum Gasteiger partial charge on any atom is 0.227 e.